The standard InChI is InChI=1S/C15H31N3O/c1-12(17-6-8-19-9-7-17)18-14(2,3)10-13(16)11-15(18,4)5/h12-13H,6-11,16H2,1-5H3. The van der Waals surface area contributed by atoms with Crippen LogP contribution in [0.2, 0.25) is 0 Å². The molecule has 0 aromatic carbocycles. The lowest BCUT2D eigenvalue weighted by atomic mass is 9.76. The largest absolute Gasteiger partial charge is 0.379 e. The van der Waals surface area contributed by atoms with E-state index >= 15 is 0 Å². The summed E-state index contributed by atoms with van der Waals surface area (Å²) in [6.07, 6.45) is 2.59. The van der Waals surface area contributed by atoms with E-state index in [4.69, 9.17) is 10.5 Å². The molecular weight excluding hydrogens is 238 g/mol. The number of ether oxygens (including phenoxy) is 1. The Kier molecular flexibility index (Phi) is 4.26. The molecule has 19 heavy (non-hydrogen) atoms. The van der Waals surface area contributed by atoms with Crippen molar-refractivity contribution in [1.82, 2.24) is 9.80 Å². The third-order valence-electron chi connectivity index (χ3n) is 4.78. The summed E-state index contributed by atoms with van der Waals surface area (Å²) in [7, 11) is 0. The molecule has 0 saturated carbocycles. The van der Waals surface area contributed by atoms with Crippen molar-refractivity contribution in [2.75, 3.05) is 26.3 Å². The fourth-order valence-corrected chi connectivity index (χ4v) is 4.50. The average molecular weight is 269 g/mol. The SMILES string of the molecule is CC(N1CCOCC1)N1C(C)(C)CC(N)CC1(C)C. The Bertz CT molecular complexity index is 293. The molecule has 0 aliphatic carbocycles. The second-order valence-corrected chi connectivity index (χ2v) is 7.44. The second-order valence-electron chi connectivity index (χ2n) is 7.44. The molecule has 2 aliphatic heterocycles. The number of hydrogen-bond acceptors (Lipinski definition) is 4. The Morgan fingerprint density at radius 1 is 1.05 bits per heavy atom. The molecule has 112 valence electrons. The Morgan fingerprint density at radius 2 is 1.53 bits per heavy atom. The lowest BCUT2D eigenvalue weighted by Crippen LogP contribution is -2.69. The molecule has 0 amide bonds. The summed E-state index contributed by atoms with van der Waals surface area (Å²) in [6.45, 7) is 15.5. The second kappa shape index (κ2) is 5.32. The van der Waals surface area contributed by atoms with Crippen LogP contribution >= 0.6 is 0 Å². The van der Waals surface area contributed by atoms with E-state index in [9.17, 15) is 0 Å². The predicted molar refractivity (Wildman–Crippen MR) is 79.1 cm³/mol. The van der Waals surface area contributed by atoms with Crippen molar-refractivity contribution in [3.63, 3.8) is 0 Å². The molecule has 2 fully saturated rings. The molecule has 0 aromatic heterocycles. The molecule has 0 radical (unpaired) electrons. The van der Waals surface area contributed by atoms with Crippen LogP contribution in [-0.2, 0) is 4.74 Å². The van der Waals surface area contributed by atoms with Crippen molar-refractivity contribution in [3.05, 3.63) is 0 Å². The zero-order valence-electron chi connectivity index (χ0n) is 13.3. The highest BCUT2D eigenvalue weighted by molar-refractivity contribution is 5.03. The van der Waals surface area contributed by atoms with Crippen LogP contribution in [0.3, 0.4) is 0 Å². The predicted octanol–water partition coefficient (Wildman–Crippen LogP) is 1.64. The van der Waals surface area contributed by atoms with Crippen LogP contribution in [-0.4, -0.2) is 59.4 Å². The molecule has 4 heteroatoms. The first-order valence-corrected chi connectivity index (χ1v) is 7.61. The molecule has 0 spiro atoms. The third-order valence-corrected chi connectivity index (χ3v) is 4.78. The Morgan fingerprint density at radius 3 is 2.00 bits per heavy atom. The van der Waals surface area contributed by atoms with Gasteiger partial charge in [-0.2, -0.15) is 0 Å². The van der Waals surface area contributed by atoms with Gasteiger partial charge in [0, 0.05) is 30.2 Å². The molecule has 4 nitrogen and oxygen atoms in total. The van der Waals surface area contributed by atoms with Gasteiger partial charge in [0.2, 0.25) is 0 Å². The molecule has 1 atom stereocenters. The van der Waals surface area contributed by atoms with E-state index in [0.717, 1.165) is 39.1 Å². The van der Waals surface area contributed by atoms with E-state index < -0.39 is 0 Å². The minimum absolute atomic E-state index is 0.152. The van der Waals surface area contributed by atoms with Gasteiger partial charge in [0.1, 0.15) is 0 Å². The van der Waals surface area contributed by atoms with Crippen LogP contribution < -0.4 is 5.73 Å². The molecular formula is C15H31N3O. The minimum Gasteiger partial charge on any atom is -0.379 e. The van der Waals surface area contributed by atoms with Gasteiger partial charge in [-0.3, -0.25) is 9.80 Å². The molecule has 0 bridgehead atoms. The van der Waals surface area contributed by atoms with E-state index in [0.29, 0.717) is 12.2 Å². The van der Waals surface area contributed by atoms with Crippen molar-refractivity contribution in [2.45, 2.75) is 70.7 Å². The van der Waals surface area contributed by atoms with Crippen LogP contribution in [0.5, 0.6) is 0 Å². The average Bonchev–Trinajstić information content (AvgIpc) is 2.26. The number of hydrogen-bond donors (Lipinski definition) is 1. The summed E-state index contributed by atoms with van der Waals surface area (Å²) >= 11 is 0. The van der Waals surface area contributed by atoms with Crippen molar-refractivity contribution >= 4 is 0 Å². The molecule has 2 rings (SSSR count). The van der Waals surface area contributed by atoms with Crippen LogP contribution in [0.25, 0.3) is 0 Å². The molecule has 0 aromatic rings. The van der Waals surface area contributed by atoms with Gasteiger partial charge in [0.15, 0.2) is 0 Å². The van der Waals surface area contributed by atoms with E-state index in [2.05, 4.69) is 44.4 Å². The van der Waals surface area contributed by atoms with Gasteiger partial charge in [0.25, 0.3) is 0 Å². The Balaban J connectivity index is 2.18. The molecule has 2 N–H and O–H groups in total. The Labute approximate surface area is 118 Å². The number of nitrogens with two attached hydrogens (primary N) is 1. The maximum absolute atomic E-state index is 6.27. The van der Waals surface area contributed by atoms with Gasteiger partial charge in [-0.1, -0.05) is 0 Å². The fourth-order valence-electron chi connectivity index (χ4n) is 4.50. The monoisotopic (exact) mass is 269 g/mol. The summed E-state index contributed by atoms with van der Waals surface area (Å²) < 4.78 is 5.48. The van der Waals surface area contributed by atoms with Crippen LogP contribution in [0.4, 0.5) is 0 Å². The minimum atomic E-state index is 0.152. The number of nitrogens with zero attached hydrogens (tertiary/aromatic N) is 2. The molecule has 2 saturated heterocycles. The number of morpholine rings is 1. The lowest BCUT2D eigenvalue weighted by Gasteiger charge is -2.59. The zero-order chi connectivity index (χ0) is 14.3. The van der Waals surface area contributed by atoms with Crippen molar-refractivity contribution < 1.29 is 4.74 Å². The quantitative estimate of drug-likeness (QED) is 0.827. The normalized spacial score (nSPS) is 31.3. The summed E-state index contributed by atoms with van der Waals surface area (Å²) in [6, 6.07) is 0.318. The highest BCUT2D eigenvalue weighted by atomic mass is 16.5. The topological polar surface area (TPSA) is 41.7 Å². The van der Waals surface area contributed by atoms with Gasteiger partial charge >= 0.3 is 0 Å². The smallest absolute Gasteiger partial charge is 0.0604 e. The maximum Gasteiger partial charge on any atom is 0.0604 e. The Hall–Kier alpha value is -0.160. The van der Waals surface area contributed by atoms with Crippen LogP contribution in [0.15, 0.2) is 0 Å². The van der Waals surface area contributed by atoms with Crippen molar-refractivity contribution in [3.8, 4) is 0 Å². The summed E-state index contributed by atoms with van der Waals surface area (Å²) in [4.78, 5) is 5.22. The van der Waals surface area contributed by atoms with Crippen LogP contribution in [0, 0.1) is 0 Å². The summed E-state index contributed by atoms with van der Waals surface area (Å²) in [5.41, 5.74) is 6.57. The molecule has 1 unspecified atom stereocenters. The third kappa shape index (κ3) is 3.13. The highest BCUT2D eigenvalue weighted by Crippen LogP contribution is 2.40. The van der Waals surface area contributed by atoms with Crippen LogP contribution in [0.1, 0.15) is 47.5 Å². The van der Waals surface area contributed by atoms with Crippen molar-refractivity contribution in [2.24, 2.45) is 5.73 Å². The van der Waals surface area contributed by atoms with E-state index in [1.54, 1.807) is 0 Å². The number of piperidine rings is 1. The first kappa shape index (κ1) is 15.2. The molecule has 2 aliphatic rings. The number of likely N-dealkylation sites (tertiary alicyclic amines) is 1. The van der Waals surface area contributed by atoms with Gasteiger partial charge in [-0.05, 0) is 47.5 Å². The summed E-state index contributed by atoms with van der Waals surface area (Å²) in [5.74, 6) is 0. The first-order valence-electron chi connectivity index (χ1n) is 7.61. The summed E-state index contributed by atoms with van der Waals surface area (Å²) in [5, 5.41) is 0. The first-order chi connectivity index (χ1) is 8.74. The maximum atomic E-state index is 6.27. The fraction of sp³-hybridized carbons (Fsp3) is 1.00. The van der Waals surface area contributed by atoms with E-state index in [1.165, 1.54) is 0 Å². The highest BCUT2D eigenvalue weighted by Gasteiger charge is 2.47. The van der Waals surface area contributed by atoms with E-state index in [1.807, 2.05) is 0 Å². The van der Waals surface area contributed by atoms with Gasteiger partial charge in [0.05, 0.1) is 19.4 Å². The van der Waals surface area contributed by atoms with Crippen molar-refractivity contribution in [1.29, 1.82) is 0 Å². The molecule has 2 heterocycles. The zero-order valence-corrected chi connectivity index (χ0v) is 13.3. The van der Waals surface area contributed by atoms with Gasteiger partial charge < -0.3 is 10.5 Å². The van der Waals surface area contributed by atoms with Gasteiger partial charge in [-0.15, -0.1) is 0 Å². The lowest BCUT2D eigenvalue weighted by molar-refractivity contribution is -0.127. The van der Waals surface area contributed by atoms with E-state index in [-0.39, 0.29) is 11.1 Å². The van der Waals surface area contributed by atoms with Gasteiger partial charge in [-0.25, -0.2) is 0 Å². The number of rotatable bonds is 2.